The van der Waals surface area contributed by atoms with Crippen LogP contribution >= 0.6 is 0 Å². The van der Waals surface area contributed by atoms with E-state index in [0.29, 0.717) is 6.42 Å². The number of carboxylic acid groups (broad SMARTS) is 1. The van der Waals surface area contributed by atoms with Gasteiger partial charge >= 0.3 is 12.1 Å². The molecule has 1 amide bonds. The van der Waals surface area contributed by atoms with E-state index in [1.54, 1.807) is 0 Å². The van der Waals surface area contributed by atoms with Gasteiger partial charge in [0, 0.05) is 12.5 Å². The van der Waals surface area contributed by atoms with E-state index in [0.717, 1.165) is 27.2 Å². The van der Waals surface area contributed by atoms with Gasteiger partial charge in [-0.25, -0.2) is 4.79 Å². The zero-order valence-electron chi connectivity index (χ0n) is 14.9. The summed E-state index contributed by atoms with van der Waals surface area (Å²) in [5.41, 5.74) is 4.43. The Balaban J connectivity index is 1.71. The Hall–Kier alpha value is -2.89. The predicted molar refractivity (Wildman–Crippen MR) is 99.5 cm³/mol. The molecule has 0 unspecified atom stereocenters. The van der Waals surface area contributed by atoms with Crippen molar-refractivity contribution in [2.45, 2.75) is 18.8 Å². The summed E-state index contributed by atoms with van der Waals surface area (Å²) in [7, 11) is 0. The van der Waals surface area contributed by atoms with E-state index in [1.165, 1.54) is 0 Å². The summed E-state index contributed by atoms with van der Waals surface area (Å²) >= 11 is 0. The highest BCUT2D eigenvalue weighted by molar-refractivity contribution is 5.79. The average Bonchev–Trinajstić information content (AvgIpc) is 2.99. The molecule has 0 saturated heterocycles. The van der Waals surface area contributed by atoms with Crippen molar-refractivity contribution in [3.63, 3.8) is 0 Å². The first-order chi connectivity index (χ1) is 13.1. The zero-order valence-corrected chi connectivity index (χ0v) is 14.9. The van der Waals surface area contributed by atoms with Gasteiger partial charge in [0.2, 0.25) is 0 Å². The minimum atomic E-state index is -1.12. The molecule has 2 aromatic carbocycles. The molecule has 142 valence electrons. The number of aliphatic carboxylic acids is 1. The van der Waals surface area contributed by atoms with Crippen LogP contribution in [-0.4, -0.2) is 48.4 Å². The van der Waals surface area contributed by atoms with Crippen LogP contribution in [0.1, 0.15) is 29.9 Å². The molecule has 2 aromatic rings. The molecule has 0 heterocycles. The first-order valence-electron chi connectivity index (χ1n) is 8.99. The van der Waals surface area contributed by atoms with E-state index in [2.05, 4.69) is 0 Å². The molecule has 0 aromatic heterocycles. The first kappa shape index (κ1) is 18.9. The van der Waals surface area contributed by atoms with Crippen molar-refractivity contribution in [3.05, 3.63) is 59.7 Å². The van der Waals surface area contributed by atoms with Gasteiger partial charge in [-0.1, -0.05) is 48.5 Å². The molecular formula is C21H22FNO4. The van der Waals surface area contributed by atoms with Gasteiger partial charge in [0.1, 0.15) is 13.2 Å². The number of halogens is 1. The van der Waals surface area contributed by atoms with Gasteiger partial charge in [-0.3, -0.25) is 14.1 Å². The van der Waals surface area contributed by atoms with Gasteiger partial charge in [-0.2, -0.15) is 0 Å². The van der Waals surface area contributed by atoms with Gasteiger partial charge in [0.05, 0.1) is 6.67 Å². The standard InChI is InChI=1S/C21H22FNO4/c22-11-5-6-12-23(13-20(24)25)21(26)27-14-19-17-9-3-1-7-15(17)16-8-2-4-10-18(16)19/h1-4,7-10,19H,5-6,11-14H2,(H,24,25). The van der Waals surface area contributed by atoms with Crippen molar-refractivity contribution >= 4 is 12.1 Å². The van der Waals surface area contributed by atoms with Crippen LogP contribution < -0.4 is 0 Å². The smallest absolute Gasteiger partial charge is 0.410 e. The van der Waals surface area contributed by atoms with E-state index >= 15 is 0 Å². The first-order valence-corrected chi connectivity index (χ1v) is 8.99. The molecule has 1 aliphatic carbocycles. The Kier molecular flexibility index (Phi) is 6.06. The molecule has 1 aliphatic rings. The van der Waals surface area contributed by atoms with Crippen molar-refractivity contribution in [2.75, 3.05) is 26.4 Å². The summed E-state index contributed by atoms with van der Waals surface area (Å²) in [5.74, 6) is -1.21. The molecular weight excluding hydrogens is 349 g/mol. The number of rotatable bonds is 8. The number of unbranched alkanes of at least 4 members (excludes halogenated alkanes) is 1. The molecule has 0 saturated carbocycles. The topological polar surface area (TPSA) is 66.8 Å². The Morgan fingerprint density at radius 1 is 1.00 bits per heavy atom. The zero-order chi connectivity index (χ0) is 19.2. The van der Waals surface area contributed by atoms with Crippen LogP contribution in [0.25, 0.3) is 11.1 Å². The number of ether oxygens (including phenoxy) is 1. The summed E-state index contributed by atoms with van der Waals surface area (Å²) < 4.78 is 17.8. The Morgan fingerprint density at radius 2 is 1.59 bits per heavy atom. The third-order valence-corrected chi connectivity index (χ3v) is 4.73. The molecule has 0 fully saturated rings. The lowest BCUT2D eigenvalue weighted by atomic mass is 9.98. The lowest BCUT2D eigenvalue weighted by Gasteiger charge is -2.22. The average molecular weight is 371 g/mol. The number of carbonyl (C=O) groups is 2. The van der Waals surface area contributed by atoms with E-state index in [9.17, 15) is 14.0 Å². The highest BCUT2D eigenvalue weighted by atomic mass is 19.1. The minimum Gasteiger partial charge on any atom is -0.480 e. The van der Waals surface area contributed by atoms with Crippen LogP contribution in [0.5, 0.6) is 0 Å². The van der Waals surface area contributed by atoms with Gasteiger partial charge in [-0.15, -0.1) is 0 Å². The van der Waals surface area contributed by atoms with Crippen LogP contribution in [0.2, 0.25) is 0 Å². The largest absolute Gasteiger partial charge is 0.480 e. The molecule has 0 spiro atoms. The summed E-state index contributed by atoms with van der Waals surface area (Å²) in [6, 6.07) is 16.0. The highest BCUT2D eigenvalue weighted by Gasteiger charge is 2.29. The Labute approximate surface area is 157 Å². The van der Waals surface area contributed by atoms with Gasteiger partial charge in [0.25, 0.3) is 0 Å². The third kappa shape index (κ3) is 4.27. The lowest BCUT2D eigenvalue weighted by molar-refractivity contribution is -0.138. The van der Waals surface area contributed by atoms with Crippen LogP contribution in [0, 0.1) is 0 Å². The number of hydrogen-bond acceptors (Lipinski definition) is 3. The van der Waals surface area contributed by atoms with E-state index in [1.807, 2.05) is 48.5 Å². The summed E-state index contributed by atoms with van der Waals surface area (Å²) in [6.45, 7) is -0.659. The van der Waals surface area contributed by atoms with Crippen molar-refractivity contribution in [1.29, 1.82) is 0 Å². The SMILES string of the molecule is O=C(O)CN(CCCCF)C(=O)OCC1c2ccccc2-c2ccccc21. The van der Waals surface area contributed by atoms with Crippen LogP contribution in [0.15, 0.2) is 48.5 Å². The second-order valence-corrected chi connectivity index (χ2v) is 6.52. The fourth-order valence-corrected chi connectivity index (χ4v) is 3.48. The molecule has 0 atom stereocenters. The molecule has 27 heavy (non-hydrogen) atoms. The van der Waals surface area contributed by atoms with Crippen molar-refractivity contribution < 1.29 is 23.8 Å². The number of nitrogens with zero attached hydrogens (tertiary/aromatic N) is 1. The lowest BCUT2D eigenvalue weighted by Crippen LogP contribution is -2.37. The monoisotopic (exact) mass is 371 g/mol. The molecule has 6 heteroatoms. The van der Waals surface area contributed by atoms with Crippen molar-refractivity contribution in [1.82, 2.24) is 4.90 Å². The van der Waals surface area contributed by atoms with Crippen molar-refractivity contribution in [2.24, 2.45) is 0 Å². The number of alkyl halides is 1. The maximum absolute atomic E-state index is 12.4. The molecule has 0 aliphatic heterocycles. The van der Waals surface area contributed by atoms with Gasteiger partial charge in [-0.05, 0) is 35.1 Å². The number of amides is 1. The van der Waals surface area contributed by atoms with E-state index < -0.39 is 25.3 Å². The highest BCUT2D eigenvalue weighted by Crippen LogP contribution is 2.44. The summed E-state index contributed by atoms with van der Waals surface area (Å²) in [4.78, 5) is 24.5. The molecule has 3 rings (SSSR count). The summed E-state index contributed by atoms with van der Waals surface area (Å²) in [6.07, 6.45) is -0.000996. The van der Waals surface area contributed by atoms with E-state index in [-0.39, 0.29) is 25.5 Å². The number of benzene rings is 2. The number of fused-ring (bicyclic) bond motifs is 3. The quantitative estimate of drug-likeness (QED) is 0.710. The number of carbonyl (C=O) groups excluding carboxylic acids is 1. The predicted octanol–water partition coefficient (Wildman–Crippen LogP) is 4.07. The van der Waals surface area contributed by atoms with E-state index in [4.69, 9.17) is 9.84 Å². The molecule has 5 nitrogen and oxygen atoms in total. The van der Waals surface area contributed by atoms with Crippen LogP contribution in [-0.2, 0) is 9.53 Å². The maximum atomic E-state index is 12.4. The number of hydrogen-bond donors (Lipinski definition) is 1. The van der Waals surface area contributed by atoms with Crippen LogP contribution in [0.4, 0.5) is 9.18 Å². The molecule has 1 N–H and O–H groups in total. The number of carboxylic acids is 1. The Morgan fingerprint density at radius 3 is 2.15 bits per heavy atom. The Bertz CT molecular complexity index is 778. The summed E-state index contributed by atoms with van der Waals surface area (Å²) in [5, 5.41) is 9.01. The minimum absolute atomic E-state index is 0.0844. The normalized spacial score (nSPS) is 12.3. The third-order valence-electron chi connectivity index (χ3n) is 4.73. The second kappa shape index (κ2) is 8.66. The fraction of sp³-hybridized carbons (Fsp3) is 0.333. The second-order valence-electron chi connectivity index (χ2n) is 6.52. The fourth-order valence-electron chi connectivity index (χ4n) is 3.48. The van der Waals surface area contributed by atoms with Crippen molar-refractivity contribution in [3.8, 4) is 11.1 Å². The maximum Gasteiger partial charge on any atom is 0.410 e. The van der Waals surface area contributed by atoms with Gasteiger partial charge in [0.15, 0.2) is 0 Å². The van der Waals surface area contributed by atoms with Gasteiger partial charge < -0.3 is 9.84 Å². The van der Waals surface area contributed by atoms with Crippen LogP contribution in [0.3, 0.4) is 0 Å². The molecule has 0 bridgehead atoms. The molecule has 0 radical (unpaired) electrons.